The van der Waals surface area contributed by atoms with Gasteiger partial charge in [-0.2, -0.15) is 0 Å². The van der Waals surface area contributed by atoms with Crippen LogP contribution in [-0.2, 0) is 6.67 Å². The Morgan fingerprint density at radius 2 is 2.00 bits per heavy atom. The van der Waals surface area contributed by atoms with Gasteiger partial charge in [-0.05, 0) is 50.3 Å². The first-order valence-electron chi connectivity index (χ1n) is 6.29. The molecule has 19 heavy (non-hydrogen) atoms. The summed E-state index contributed by atoms with van der Waals surface area (Å²) in [7, 11) is 0. The summed E-state index contributed by atoms with van der Waals surface area (Å²) in [4.78, 5) is 2.70. The first-order valence-corrected chi connectivity index (χ1v) is 7.08. The molecule has 1 fully saturated rings. The Kier molecular flexibility index (Phi) is 3.68. The summed E-state index contributed by atoms with van der Waals surface area (Å²) in [5, 5.41) is 5.04. The SMILES string of the molecule is S=c1oc(-c2ccccc2Cl)nn1CN1CCCC1. The Balaban J connectivity index is 1.89. The van der Waals surface area contributed by atoms with Crippen molar-refractivity contribution in [2.75, 3.05) is 13.1 Å². The predicted octanol–water partition coefficient (Wildman–Crippen LogP) is 3.58. The van der Waals surface area contributed by atoms with Gasteiger partial charge in [-0.3, -0.25) is 4.90 Å². The zero-order valence-corrected chi connectivity index (χ0v) is 12.0. The molecule has 100 valence electrons. The van der Waals surface area contributed by atoms with Crippen LogP contribution >= 0.6 is 23.8 Å². The summed E-state index contributed by atoms with van der Waals surface area (Å²) >= 11 is 11.4. The molecule has 3 rings (SSSR count). The van der Waals surface area contributed by atoms with Crippen molar-refractivity contribution < 1.29 is 4.42 Å². The molecule has 2 heterocycles. The third-order valence-corrected chi connectivity index (χ3v) is 3.87. The van der Waals surface area contributed by atoms with Crippen molar-refractivity contribution in [2.24, 2.45) is 0 Å². The summed E-state index contributed by atoms with van der Waals surface area (Å²) in [6, 6.07) is 7.47. The third-order valence-electron chi connectivity index (χ3n) is 3.24. The minimum absolute atomic E-state index is 0.391. The quantitative estimate of drug-likeness (QED) is 0.811. The number of rotatable bonds is 3. The molecule has 0 bridgehead atoms. The molecule has 6 heteroatoms. The topological polar surface area (TPSA) is 34.2 Å². The molecule has 1 saturated heterocycles. The van der Waals surface area contributed by atoms with Crippen molar-refractivity contribution in [2.45, 2.75) is 19.5 Å². The Labute approximate surface area is 121 Å². The second kappa shape index (κ2) is 5.45. The van der Waals surface area contributed by atoms with Crippen LogP contribution in [0.15, 0.2) is 28.7 Å². The van der Waals surface area contributed by atoms with Crippen molar-refractivity contribution in [3.8, 4) is 11.5 Å². The van der Waals surface area contributed by atoms with Gasteiger partial charge in [-0.15, -0.1) is 5.10 Å². The van der Waals surface area contributed by atoms with E-state index >= 15 is 0 Å². The molecule has 0 unspecified atom stereocenters. The van der Waals surface area contributed by atoms with Crippen LogP contribution < -0.4 is 0 Å². The Morgan fingerprint density at radius 3 is 2.74 bits per heavy atom. The van der Waals surface area contributed by atoms with Gasteiger partial charge < -0.3 is 4.42 Å². The highest BCUT2D eigenvalue weighted by molar-refractivity contribution is 7.71. The van der Waals surface area contributed by atoms with Gasteiger partial charge >= 0.3 is 0 Å². The van der Waals surface area contributed by atoms with Crippen LogP contribution in [0, 0.1) is 4.84 Å². The highest BCUT2D eigenvalue weighted by atomic mass is 35.5. The number of likely N-dealkylation sites (tertiary alicyclic amines) is 1. The van der Waals surface area contributed by atoms with Crippen LogP contribution in [0.25, 0.3) is 11.5 Å². The fourth-order valence-electron chi connectivity index (χ4n) is 2.25. The molecule has 0 radical (unpaired) electrons. The highest BCUT2D eigenvalue weighted by Gasteiger charge is 2.15. The molecule has 0 saturated carbocycles. The number of benzene rings is 1. The van der Waals surface area contributed by atoms with E-state index in [4.69, 9.17) is 28.2 Å². The van der Waals surface area contributed by atoms with E-state index in [1.807, 2.05) is 24.3 Å². The zero-order valence-electron chi connectivity index (χ0n) is 10.4. The standard InChI is InChI=1S/C13H14ClN3OS/c14-11-6-2-1-5-10(11)12-15-17(13(19)18-12)9-16-7-3-4-8-16/h1-2,5-6H,3-4,7-9H2. The van der Waals surface area contributed by atoms with Gasteiger partial charge in [-0.1, -0.05) is 23.7 Å². The molecule has 0 aliphatic carbocycles. The van der Waals surface area contributed by atoms with Crippen molar-refractivity contribution in [3.05, 3.63) is 34.1 Å². The molecule has 2 aromatic rings. The molecule has 1 aliphatic heterocycles. The lowest BCUT2D eigenvalue weighted by atomic mass is 10.2. The lowest BCUT2D eigenvalue weighted by molar-refractivity contribution is 0.249. The Bertz CT molecular complexity index is 631. The van der Waals surface area contributed by atoms with E-state index in [2.05, 4.69) is 10.00 Å². The van der Waals surface area contributed by atoms with Crippen LogP contribution in [0.4, 0.5) is 0 Å². The maximum Gasteiger partial charge on any atom is 0.288 e. The van der Waals surface area contributed by atoms with Gasteiger partial charge in [0.2, 0.25) is 5.89 Å². The van der Waals surface area contributed by atoms with Crippen molar-refractivity contribution >= 4 is 23.8 Å². The molecular formula is C13H14ClN3OS. The maximum atomic E-state index is 6.14. The number of halogens is 1. The summed E-state index contributed by atoms with van der Waals surface area (Å²) in [5.41, 5.74) is 0.774. The molecule has 1 aliphatic rings. The second-order valence-corrected chi connectivity index (χ2v) is 5.38. The molecule has 0 atom stereocenters. The van der Waals surface area contributed by atoms with E-state index in [0.717, 1.165) is 18.7 Å². The molecule has 0 N–H and O–H groups in total. The van der Waals surface area contributed by atoms with E-state index in [9.17, 15) is 0 Å². The minimum atomic E-state index is 0.391. The lowest BCUT2D eigenvalue weighted by Crippen LogP contribution is -2.23. The number of nitrogens with zero attached hydrogens (tertiary/aromatic N) is 3. The van der Waals surface area contributed by atoms with Crippen molar-refractivity contribution in [1.29, 1.82) is 0 Å². The van der Waals surface area contributed by atoms with E-state index in [1.165, 1.54) is 12.8 Å². The van der Waals surface area contributed by atoms with Gasteiger partial charge in [0.1, 0.15) is 0 Å². The summed E-state index contributed by atoms with van der Waals surface area (Å²) in [6.45, 7) is 2.87. The number of hydrogen-bond donors (Lipinski definition) is 0. The predicted molar refractivity (Wildman–Crippen MR) is 76.6 cm³/mol. The van der Waals surface area contributed by atoms with Gasteiger partial charge in [0, 0.05) is 0 Å². The van der Waals surface area contributed by atoms with E-state index < -0.39 is 0 Å². The number of aromatic nitrogens is 2. The average molecular weight is 296 g/mol. The summed E-state index contributed by atoms with van der Waals surface area (Å²) < 4.78 is 7.27. The Morgan fingerprint density at radius 1 is 1.26 bits per heavy atom. The van der Waals surface area contributed by atoms with Crippen LogP contribution in [0.1, 0.15) is 12.8 Å². The molecule has 1 aromatic carbocycles. The summed E-state index contributed by atoms with van der Waals surface area (Å²) in [5.74, 6) is 0.481. The smallest absolute Gasteiger partial charge is 0.288 e. The normalized spacial score (nSPS) is 16.1. The zero-order chi connectivity index (χ0) is 13.2. The second-order valence-electron chi connectivity index (χ2n) is 4.62. The summed E-state index contributed by atoms with van der Waals surface area (Å²) in [6.07, 6.45) is 2.48. The van der Waals surface area contributed by atoms with Gasteiger partial charge in [0.05, 0.1) is 17.3 Å². The molecule has 4 nitrogen and oxygen atoms in total. The molecule has 0 amide bonds. The average Bonchev–Trinajstić information content (AvgIpc) is 3.02. The van der Waals surface area contributed by atoms with E-state index in [1.54, 1.807) is 4.68 Å². The van der Waals surface area contributed by atoms with Crippen LogP contribution in [0.3, 0.4) is 0 Å². The minimum Gasteiger partial charge on any atom is -0.409 e. The fraction of sp³-hybridized carbons (Fsp3) is 0.385. The largest absolute Gasteiger partial charge is 0.409 e. The van der Waals surface area contributed by atoms with E-state index in [0.29, 0.717) is 22.4 Å². The lowest BCUT2D eigenvalue weighted by Gasteiger charge is -2.12. The van der Waals surface area contributed by atoms with Gasteiger partial charge in [0.15, 0.2) is 0 Å². The van der Waals surface area contributed by atoms with Crippen LogP contribution in [-0.4, -0.2) is 27.8 Å². The molecule has 0 spiro atoms. The number of hydrogen-bond acceptors (Lipinski definition) is 4. The first kappa shape index (κ1) is 12.8. The monoisotopic (exact) mass is 295 g/mol. The van der Waals surface area contributed by atoms with Crippen molar-refractivity contribution in [1.82, 2.24) is 14.7 Å². The first-order chi connectivity index (χ1) is 9.24. The van der Waals surface area contributed by atoms with Gasteiger partial charge in [0.25, 0.3) is 4.84 Å². The third kappa shape index (κ3) is 2.73. The molecule has 1 aromatic heterocycles. The van der Waals surface area contributed by atoms with Crippen LogP contribution in [0.2, 0.25) is 5.02 Å². The Hall–Kier alpha value is -1.17. The highest BCUT2D eigenvalue weighted by Crippen LogP contribution is 2.26. The fourth-order valence-corrected chi connectivity index (χ4v) is 2.65. The van der Waals surface area contributed by atoms with E-state index in [-0.39, 0.29) is 0 Å². The van der Waals surface area contributed by atoms with Crippen LogP contribution in [0.5, 0.6) is 0 Å². The maximum absolute atomic E-state index is 6.14. The van der Waals surface area contributed by atoms with Crippen molar-refractivity contribution in [3.63, 3.8) is 0 Å². The van der Waals surface area contributed by atoms with Gasteiger partial charge in [-0.25, -0.2) is 4.68 Å². The molecular weight excluding hydrogens is 282 g/mol.